The zero-order valence-corrected chi connectivity index (χ0v) is 11.2. The first-order chi connectivity index (χ1) is 7.99. The van der Waals surface area contributed by atoms with Crippen molar-refractivity contribution in [1.82, 2.24) is 19.7 Å². The van der Waals surface area contributed by atoms with E-state index >= 15 is 0 Å². The van der Waals surface area contributed by atoms with Gasteiger partial charge in [-0.2, -0.15) is 5.10 Å². The standard InChI is InChI=1S/C12H15ClN4/c1-7(2)11-14-10(13)9(4)12(15-11)17-6-5-8(3)16-17/h5-7H,1-4H3. The Kier molecular flexibility index (Phi) is 3.15. The molecule has 0 aliphatic rings. The summed E-state index contributed by atoms with van der Waals surface area (Å²) in [5.41, 5.74) is 1.80. The predicted octanol–water partition coefficient (Wildman–Crippen LogP) is 3.06. The van der Waals surface area contributed by atoms with Gasteiger partial charge in [-0.3, -0.25) is 0 Å². The van der Waals surface area contributed by atoms with Crippen LogP contribution in [0.3, 0.4) is 0 Å². The molecular weight excluding hydrogens is 236 g/mol. The molecule has 0 aliphatic heterocycles. The minimum absolute atomic E-state index is 0.239. The molecule has 0 amide bonds. The molecule has 0 saturated carbocycles. The van der Waals surface area contributed by atoms with E-state index in [1.165, 1.54) is 0 Å². The van der Waals surface area contributed by atoms with Crippen molar-refractivity contribution in [2.24, 2.45) is 0 Å². The zero-order chi connectivity index (χ0) is 12.6. The summed E-state index contributed by atoms with van der Waals surface area (Å²) in [5.74, 6) is 1.73. The van der Waals surface area contributed by atoms with E-state index in [0.717, 1.165) is 22.9 Å². The monoisotopic (exact) mass is 250 g/mol. The van der Waals surface area contributed by atoms with Gasteiger partial charge in [-0.1, -0.05) is 25.4 Å². The van der Waals surface area contributed by atoms with Crippen LogP contribution in [0.15, 0.2) is 12.3 Å². The van der Waals surface area contributed by atoms with Crippen LogP contribution in [-0.4, -0.2) is 19.7 Å². The highest BCUT2D eigenvalue weighted by atomic mass is 35.5. The van der Waals surface area contributed by atoms with Gasteiger partial charge in [0, 0.05) is 17.7 Å². The van der Waals surface area contributed by atoms with E-state index in [0.29, 0.717) is 5.15 Å². The number of rotatable bonds is 2. The van der Waals surface area contributed by atoms with Crippen molar-refractivity contribution in [2.45, 2.75) is 33.6 Å². The maximum atomic E-state index is 6.13. The molecule has 17 heavy (non-hydrogen) atoms. The van der Waals surface area contributed by atoms with Crippen molar-refractivity contribution in [1.29, 1.82) is 0 Å². The van der Waals surface area contributed by atoms with Gasteiger partial charge in [0.25, 0.3) is 0 Å². The smallest absolute Gasteiger partial charge is 0.161 e. The summed E-state index contributed by atoms with van der Waals surface area (Å²) in [6.45, 7) is 7.93. The van der Waals surface area contributed by atoms with Crippen molar-refractivity contribution >= 4 is 11.6 Å². The fraction of sp³-hybridized carbons (Fsp3) is 0.417. The van der Waals surface area contributed by atoms with Crippen LogP contribution in [0.25, 0.3) is 5.82 Å². The van der Waals surface area contributed by atoms with E-state index in [-0.39, 0.29) is 5.92 Å². The molecule has 0 fully saturated rings. The number of hydrogen-bond acceptors (Lipinski definition) is 3. The highest BCUT2D eigenvalue weighted by Crippen LogP contribution is 2.21. The third-order valence-corrected chi connectivity index (χ3v) is 2.90. The van der Waals surface area contributed by atoms with Crippen LogP contribution in [0, 0.1) is 13.8 Å². The number of halogens is 1. The second kappa shape index (κ2) is 4.45. The molecule has 0 unspecified atom stereocenters. The summed E-state index contributed by atoms with van der Waals surface area (Å²) in [7, 11) is 0. The summed E-state index contributed by atoms with van der Waals surface area (Å²) < 4.78 is 1.74. The lowest BCUT2D eigenvalue weighted by molar-refractivity contribution is 0.737. The summed E-state index contributed by atoms with van der Waals surface area (Å²) in [5, 5.41) is 4.84. The molecule has 0 N–H and O–H groups in total. The molecule has 2 heterocycles. The molecule has 0 atom stereocenters. The Hall–Kier alpha value is -1.42. The molecule has 0 aromatic carbocycles. The van der Waals surface area contributed by atoms with Gasteiger partial charge in [0.05, 0.1) is 5.69 Å². The average molecular weight is 251 g/mol. The lowest BCUT2D eigenvalue weighted by Gasteiger charge is -2.10. The lowest BCUT2D eigenvalue weighted by atomic mass is 10.2. The fourth-order valence-electron chi connectivity index (χ4n) is 1.51. The average Bonchev–Trinajstić information content (AvgIpc) is 2.68. The van der Waals surface area contributed by atoms with E-state index in [2.05, 4.69) is 15.1 Å². The predicted molar refractivity (Wildman–Crippen MR) is 67.7 cm³/mol. The largest absolute Gasteiger partial charge is 0.222 e. The van der Waals surface area contributed by atoms with Crippen LogP contribution < -0.4 is 0 Å². The first kappa shape index (κ1) is 12.0. The summed E-state index contributed by atoms with van der Waals surface area (Å²) in [4.78, 5) is 8.80. The quantitative estimate of drug-likeness (QED) is 0.770. The molecule has 0 saturated heterocycles. The van der Waals surface area contributed by atoms with Crippen molar-refractivity contribution in [2.75, 3.05) is 0 Å². The molecule has 2 aromatic rings. The van der Waals surface area contributed by atoms with Crippen molar-refractivity contribution in [3.05, 3.63) is 34.5 Å². The van der Waals surface area contributed by atoms with E-state index in [4.69, 9.17) is 11.6 Å². The molecule has 0 radical (unpaired) electrons. The molecule has 0 spiro atoms. The van der Waals surface area contributed by atoms with Crippen molar-refractivity contribution < 1.29 is 0 Å². The van der Waals surface area contributed by atoms with Gasteiger partial charge < -0.3 is 0 Å². The van der Waals surface area contributed by atoms with Gasteiger partial charge in [0.2, 0.25) is 0 Å². The SMILES string of the molecule is Cc1ccn(-c2nc(C(C)C)nc(Cl)c2C)n1. The Labute approximate surface area is 106 Å². The molecule has 2 rings (SSSR count). The number of aryl methyl sites for hydroxylation is 1. The third kappa shape index (κ3) is 2.31. The zero-order valence-electron chi connectivity index (χ0n) is 10.4. The molecule has 0 aliphatic carbocycles. The second-order valence-corrected chi connectivity index (χ2v) is 4.74. The minimum Gasteiger partial charge on any atom is -0.222 e. The first-order valence-electron chi connectivity index (χ1n) is 5.55. The molecule has 4 nitrogen and oxygen atoms in total. The Morgan fingerprint density at radius 3 is 2.47 bits per heavy atom. The molecule has 90 valence electrons. The maximum absolute atomic E-state index is 6.13. The lowest BCUT2D eigenvalue weighted by Crippen LogP contribution is -2.08. The van der Waals surface area contributed by atoms with Gasteiger partial charge in [-0.15, -0.1) is 0 Å². The number of nitrogens with zero attached hydrogens (tertiary/aromatic N) is 4. The van der Waals surface area contributed by atoms with E-state index in [1.54, 1.807) is 4.68 Å². The van der Waals surface area contributed by atoms with Gasteiger partial charge in [0.1, 0.15) is 11.0 Å². The molecular formula is C12H15ClN4. The van der Waals surface area contributed by atoms with Crippen LogP contribution in [0.2, 0.25) is 5.15 Å². The Bertz CT molecular complexity index is 545. The maximum Gasteiger partial charge on any atom is 0.161 e. The summed E-state index contributed by atoms with van der Waals surface area (Å²) in [6.07, 6.45) is 1.88. The van der Waals surface area contributed by atoms with E-state index in [9.17, 15) is 0 Å². The third-order valence-electron chi connectivity index (χ3n) is 2.53. The van der Waals surface area contributed by atoms with Crippen molar-refractivity contribution in [3.8, 4) is 5.82 Å². The fourth-order valence-corrected chi connectivity index (χ4v) is 1.68. The summed E-state index contributed by atoms with van der Waals surface area (Å²) >= 11 is 6.13. The highest BCUT2D eigenvalue weighted by molar-refractivity contribution is 6.30. The van der Waals surface area contributed by atoms with Crippen molar-refractivity contribution in [3.63, 3.8) is 0 Å². The van der Waals surface area contributed by atoms with E-state index in [1.807, 2.05) is 40.0 Å². The minimum atomic E-state index is 0.239. The van der Waals surface area contributed by atoms with Gasteiger partial charge >= 0.3 is 0 Å². The Morgan fingerprint density at radius 1 is 1.24 bits per heavy atom. The van der Waals surface area contributed by atoms with Crippen LogP contribution in [0.1, 0.15) is 36.8 Å². The van der Waals surface area contributed by atoms with Crippen LogP contribution in [-0.2, 0) is 0 Å². The van der Waals surface area contributed by atoms with Crippen LogP contribution in [0.5, 0.6) is 0 Å². The van der Waals surface area contributed by atoms with Crippen LogP contribution >= 0.6 is 11.6 Å². The highest BCUT2D eigenvalue weighted by Gasteiger charge is 2.13. The Balaban J connectivity index is 2.60. The van der Waals surface area contributed by atoms with E-state index < -0.39 is 0 Å². The molecule has 2 aromatic heterocycles. The van der Waals surface area contributed by atoms with Gasteiger partial charge in [0.15, 0.2) is 5.82 Å². The molecule has 5 heteroatoms. The Morgan fingerprint density at radius 2 is 1.94 bits per heavy atom. The number of aromatic nitrogens is 4. The normalized spacial score (nSPS) is 11.2. The van der Waals surface area contributed by atoms with Crippen LogP contribution in [0.4, 0.5) is 0 Å². The van der Waals surface area contributed by atoms with Gasteiger partial charge in [-0.05, 0) is 19.9 Å². The summed E-state index contributed by atoms with van der Waals surface area (Å²) in [6, 6.07) is 1.94. The second-order valence-electron chi connectivity index (χ2n) is 4.38. The topological polar surface area (TPSA) is 43.6 Å². The van der Waals surface area contributed by atoms with Gasteiger partial charge in [-0.25, -0.2) is 14.6 Å². The number of hydrogen-bond donors (Lipinski definition) is 0. The first-order valence-corrected chi connectivity index (χ1v) is 5.93. The molecule has 0 bridgehead atoms.